The summed E-state index contributed by atoms with van der Waals surface area (Å²) >= 11 is 3.03. The Morgan fingerprint density at radius 3 is 2.45 bits per heavy atom. The predicted octanol–water partition coefficient (Wildman–Crippen LogP) is 1.62. The van der Waals surface area contributed by atoms with Crippen molar-refractivity contribution >= 4 is 34.1 Å². The Morgan fingerprint density at radius 1 is 1.03 bits per heavy atom. The van der Waals surface area contributed by atoms with Gasteiger partial charge >= 0.3 is 0 Å². The molecule has 4 rings (SSSR count). The van der Waals surface area contributed by atoms with Gasteiger partial charge in [-0.25, -0.2) is 0 Å². The highest BCUT2D eigenvalue weighted by atomic mass is 32.2. The number of nitrogens with zero attached hydrogens (tertiary/aromatic N) is 4. The molecule has 0 unspecified atom stereocenters. The first-order valence-electron chi connectivity index (χ1n) is 10.6. The Bertz CT molecular complexity index is 656. The van der Waals surface area contributed by atoms with Gasteiger partial charge in [-0.3, -0.25) is 9.69 Å². The molecule has 3 aliphatic rings. The summed E-state index contributed by atoms with van der Waals surface area (Å²) in [6.07, 6.45) is 6.13. The average molecular weight is 442 g/mol. The van der Waals surface area contributed by atoms with Crippen LogP contribution in [0.1, 0.15) is 32.1 Å². The van der Waals surface area contributed by atoms with E-state index < -0.39 is 0 Å². The normalized spacial score (nSPS) is 23.1. The molecule has 3 heterocycles. The van der Waals surface area contributed by atoms with Gasteiger partial charge in [0.05, 0.1) is 32.2 Å². The quantitative estimate of drug-likeness (QED) is 0.640. The van der Waals surface area contributed by atoms with Gasteiger partial charge in [-0.05, 0) is 12.8 Å². The van der Waals surface area contributed by atoms with Gasteiger partial charge in [-0.2, -0.15) is 0 Å². The number of anilines is 1. The number of thioether (sulfide) groups is 1. The van der Waals surface area contributed by atoms with Crippen molar-refractivity contribution in [1.82, 2.24) is 20.4 Å². The van der Waals surface area contributed by atoms with E-state index in [1.54, 1.807) is 11.3 Å². The Balaban J connectivity index is 1.26. The molecule has 1 saturated carbocycles. The van der Waals surface area contributed by atoms with E-state index in [0.717, 1.165) is 68.6 Å². The lowest BCUT2D eigenvalue weighted by molar-refractivity contribution is -0.119. The van der Waals surface area contributed by atoms with Crippen molar-refractivity contribution in [3.63, 3.8) is 0 Å². The molecule has 0 radical (unpaired) electrons. The van der Waals surface area contributed by atoms with Crippen LogP contribution in [-0.4, -0.2) is 91.4 Å². The molecule has 0 atom stereocenters. The van der Waals surface area contributed by atoms with Crippen LogP contribution in [0, 0.1) is 0 Å². The fraction of sp³-hybridized carbons (Fsp3) is 0.842. The number of rotatable bonds is 7. The maximum atomic E-state index is 12.5. The summed E-state index contributed by atoms with van der Waals surface area (Å²) in [5, 5.41) is 12.7. The molecule has 1 aromatic rings. The van der Waals surface area contributed by atoms with Crippen molar-refractivity contribution < 1.29 is 14.3 Å². The van der Waals surface area contributed by atoms with Crippen LogP contribution >= 0.6 is 23.1 Å². The summed E-state index contributed by atoms with van der Waals surface area (Å²) in [5.74, 6) is 0.466. The van der Waals surface area contributed by atoms with Crippen molar-refractivity contribution in [2.45, 2.75) is 42.0 Å². The smallest absolute Gasteiger partial charge is 0.230 e. The number of nitrogens with one attached hydrogen (secondary N) is 1. The third-order valence-corrected chi connectivity index (χ3v) is 8.20. The Hall–Kier alpha value is -0.940. The second-order valence-electron chi connectivity index (χ2n) is 7.90. The van der Waals surface area contributed by atoms with E-state index in [1.807, 2.05) is 0 Å². The number of carbonyl (C=O) groups is 1. The number of ether oxygens (including phenoxy) is 2. The standard InChI is InChI=1S/C19H31N5O3S2/c25-16(14-28-18-22-21-17(29-18)23-6-10-26-11-7-23)20-15-19(4-2-1-3-5-19)24-8-12-27-13-9-24/h1-15H2,(H,20,25). The summed E-state index contributed by atoms with van der Waals surface area (Å²) < 4.78 is 11.8. The maximum Gasteiger partial charge on any atom is 0.230 e. The Morgan fingerprint density at radius 2 is 1.72 bits per heavy atom. The van der Waals surface area contributed by atoms with E-state index in [9.17, 15) is 4.79 Å². The molecule has 2 aliphatic heterocycles. The lowest BCUT2D eigenvalue weighted by Gasteiger charge is -2.48. The lowest BCUT2D eigenvalue weighted by atomic mass is 9.79. The van der Waals surface area contributed by atoms with Gasteiger partial charge in [-0.15, -0.1) is 10.2 Å². The number of morpholine rings is 2. The van der Waals surface area contributed by atoms with Crippen molar-refractivity contribution in [3.8, 4) is 0 Å². The van der Waals surface area contributed by atoms with Crippen LogP contribution in [0.3, 0.4) is 0 Å². The van der Waals surface area contributed by atoms with E-state index in [-0.39, 0.29) is 11.4 Å². The second kappa shape index (κ2) is 10.4. The first-order valence-corrected chi connectivity index (χ1v) is 12.4. The monoisotopic (exact) mass is 441 g/mol. The molecule has 0 bridgehead atoms. The number of aromatic nitrogens is 2. The minimum absolute atomic E-state index is 0.0799. The van der Waals surface area contributed by atoms with Crippen molar-refractivity contribution in [3.05, 3.63) is 0 Å². The van der Waals surface area contributed by atoms with Crippen LogP contribution in [0.15, 0.2) is 4.34 Å². The van der Waals surface area contributed by atoms with Gasteiger partial charge in [0.1, 0.15) is 0 Å². The summed E-state index contributed by atoms with van der Waals surface area (Å²) in [5.41, 5.74) is 0.106. The molecule has 10 heteroatoms. The number of hydrogen-bond donors (Lipinski definition) is 1. The van der Waals surface area contributed by atoms with Gasteiger partial charge < -0.3 is 19.7 Å². The molecule has 162 valence electrons. The molecular weight excluding hydrogens is 410 g/mol. The fourth-order valence-electron chi connectivity index (χ4n) is 4.44. The summed E-state index contributed by atoms with van der Waals surface area (Å²) in [7, 11) is 0. The van der Waals surface area contributed by atoms with Crippen molar-refractivity contribution in [1.29, 1.82) is 0 Å². The first-order chi connectivity index (χ1) is 14.3. The summed E-state index contributed by atoms with van der Waals surface area (Å²) in [4.78, 5) is 17.3. The molecule has 1 N–H and O–H groups in total. The fourth-order valence-corrected chi connectivity index (χ4v) is 6.16. The van der Waals surface area contributed by atoms with Crippen LogP contribution in [0.5, 0.6) is 0 Å². The van der Waals surface area contributed by atoms with Crippen LogP contribution in [0.2, 0.25) is 0 Å². The number of amides is 1. The van der Waals surface area contributed by atoms with E-state index in [4.69, 9.17) is 9.47 Å². The van der Waals surface area contributed by atoms with Crippen LogP contribution < -0.4 is 10.2 Å². The van der Waals surface area contributed by atoms with E-state index >= 15 is 0 Å². The van der Waals surface area contributed by atoms with Crippen LogP contribution in [0.25, 0.3) is 0 Å². The highest BCUT2D eigenvalue weighted by Crippen LogP contribution is 2.34. The molecule has 2 saturated heterocycles. The molecule has 1 aliphatic carbocycles. The molecule has 0 spiro atoms. The van der Waals surface area contributed by atoms with Gasteiger partial charge in [-0.1, -0.05) is 42.4 Å². The van der Waals surface area contributed by atoms with E-state index in [2.05, 4.69) is 25.3 Å². The highest BCUT2D eigenvalue weighted by molar-refractivity contribution is 8.01. The minimum atomic E-state index is 0.0799. The summed E-state index contributed by atoms with van der Waals surface area (Å²) in [6, 6.07) is 0. The van der Waals surface area contributed by atoms with Crippen LogP contribution in [0.4, 0.5) is 5.13 Å². The van der Waals surface area contributed by atoms with E-state index in [1.165, 1.54) is 43.9 Å². The molecule has 1 aromatic heterocycles. The SMILES string of the molecule is O=C(CSc1nnc(N2CCOCC2)s1)NCC1(N2CCOCC2)CCCCC1. The number of hydrogen-bond acceptors (Lipinski definition) is 9. The van der Waals surface area contributed by atoms with Gasteiger partial charge in [0.2, 0.25) is 11.0 Å². The topological polar surface area (TPSA) is 79.8 Å². The van der Waals surface area contributed by atoms with Crippen molar-refractivity contribution in [2.24, 2.45) is 0 Å². The minimum Gasteiger partial charge on any atom is -0.379 e. The largest absolute Gasteiger partial charge is 0.379 e. The van der Waals surface area contributed by atoms with Crippen LogP contribution in [-0.2, 0) is 14.3 Å². The molecule has 0 aromatic carbocycles. The van der Waals surface area contributed by atoms with Crippen molar-refractivity contribution in [2.75, 3.05) is 69.8 Å². The summed E-state index contributed by atoms with van der Waals surface area (Å²) in [6.45, 7) is 7.45. The zero-order valence-electron chi connectivity index (χ0n) is 16.9. The highest BCUT2D eigenvalue weighted by Gasteiger charge is 2.38. The Kier molecular flexibility index (Phi) is 7.63. The second-order valence-corrected chi connectivity index (χ2v) is 10.1. The zero-order chi connectivity index (χ0) is 19.9. The van der Waals surface area contributed by atoms with Gasteiger partial charge in [0, 0.05) is 38.3 Å². The molecular formula is C19H31N5O3S2. The first kappa shape index (κ1) is 21.3. The molecule has 1 amide bonds. The molecule has 29 heavy (non-hydrogen) atoms. The zero-order valence-corrected chi connectivity index (χ0v) is 18.6. The third kappa shape index (κ3) is 5.61. The lowest BCUT2D eigenvalue weighted by Crippen LogP contribution is -2.59. The van der Waals surface area contributed by atoms with E-state index in [0.29, 0.717) is 5.75 Å². The van der Waals surface area contributed by atoms with Gasteiger partial charge in [0.25, 0.3) is 0 Å². The predicted molar refractivity (Wildman–Crippen MR) is 115 cm³/mol. The maximum absolute atomic E-state index is 12.5. The Labute approximate surface area is 180 Å². The average Bonchev–Trinajstić information content (AvgIpc) is 3.27. The third-order valence-electron chi connectivity index (χ3n) is 6.08. The van der Waals surface area contributed by atoms with Gasteiger partial charge in [0.15, 0.2) is 4.34 Å². The molecule has 8 nitrogen and oxygen atoms in total. The molecule has 3 fully saturated rings. The number of carbonyl (C=O) groups excluding carboxylic acids is 1.